The second kappa shape index (κ2) is 26.2. The summed E-state index contributed by atoms with van der Waals surface area (Å²) in [7, 11) is 0. The summed E-state index contributed by atoms with van der Waals surface area (Å²) in [4.78, 5) is 21.1. The molecular formula is C25H44O4. The van der Waals surface area contributed by atoms with Gasteiger partial charge < -0.3 is 9.47 Å². The molecule has 0 fully saturated rings. The second-order valence-electron chi connectivity index (χ2n) is 7.16. The highest BCUT2D eigenvalue weighted by atomic mass is 16.5. The molecule has 0 heterocycles. The molecule has 0 aromatic heterocycles. The molecule has 0 aliphatic rings. The minimum absolute atomic E-state index is 0.148. The number of hydrogen-bond donors (Lipinski definition) is 0. The molecule has 29 heavy (non-hydrogen) atoms. The average molecular weight is 409 g/mol. The Hall–Kier alpha value is -1.84. The third kappa shape index (κ3) is 28.5. The summed E-state index contributed by atoms with van der Waals surface area (Å²) in [5.74, 6) is -0.625. The van der Waals surface area contributed by atoms with Crippen LogP contribution < -0.4 is 0 Å². The van der Waals surface area contributed by atoms with Crippen molar-refractivity contribution in [3.63, 3.8) is 0 Å². The maximum Gasteiger partial charge on any atom is 0.334 e. The van der Waals surface area contributed by atoms with Crippen molar-refractivity contribution in [2.75, 3.05) is 0 Å². The van der Waals surface area contributed by atoms with E-state index in [0.717, 1.165) is 25.2 Å². The van der Waals surface area contributed by atoms with E-state index in [2.05, 4.69) is 36.1 Å². The minimum Gasteiger partial charge on any atom is -0.435 e. The van der Waals surface area contributed by atoms with Crippen molar-refractivity contribution in [2.45, 2.75) is 110 Å². The number of carbonyl (C=O) groups excluding carboxylic acids is 2. The van der Waals surface area contributed by atoms with Crippen LogP contribution in [-0.2, 0) is 19.1 Å². The molecule has 0 unspecified atom stereocenters. The molecule has 0 saturated carbocycles. The van der Waals surface area contributed by atoms with E-state index in [1.54, 1.807) is 0 Å². The molecule has 4 heteroatoms. The third-order valence-corrected chi connectivity index (χ3v) is 4.57. The molecule has 0 aliphatic heterocycles. The van der Waals surface area contributed by atoms with Crippen LogP contribution in [0.5, 0.6) is 0 Å². The maximum atomic E-state index is 11.1. The Bertz CT molecular complexity index is 415. The number of unbranched alkanes of at least 4 members (excludes halogenated alkanes) is 14. The van der Waals surface area contributed by atoms with Gasteiger partial charge in [0.15, 0.2) is 0 Å². The zero-order valence-corrected chi connectivity index (χ0v) is 18.8. The lowest BCUT2D eigenvalue weighted by molar-refractivity contribution is -0.138. The molecule has 0 N–H and O–H groups in total. The van der Waals surface area contributed by atoms with E-state index in [-0.39, 0.29) is 5.97 Å². The van der Waals surface area contributed by atoms with Gasteiger partial charge in [0.25, 0.3) is 0 Å². The fourth-order valence-electron chi connectivity index (χ4n) is 2.92. The van der Waals surface area contributed by atoms with Crippen molar-refractivity contribution in [1.29, 1.82) is 0 Å². The number of rotatable bonds is 19. The first kappa shape index (κ1) is 29.4. The van der Waals surface area contributed by atoms with Crippen molar-refractivity contribution < 1.29 is 19.1 Å². The highest BCUT2D eigenvalue weighted by molar-refractivity contribution is 5.81. The highest BCUT2D eigenvalue weighted by Crippen LogP contribution is 2.13. The van der Waals surface area contributed by atoms with Crippen LogP contribution >= 0.6 is 0 Å². The fourth-order valence-corrected chi connectivity index (χ4v) is 2.92. The molecule has 168 valence electrons. The van der Waals surface area contributed by atoms with Gasteiger partial charge in [-0.25, -0.2) is 4.79 Å². The first-order valence-corrected chi connectivity index (χ1v) is 11.4. The number of ether oxygens (including phenoxy) is 2. The highest BCUT2D eigenvalue weighted by Gasteiger charge is 2.00. The van der Waals surface area contributed by atoms with Crippen molar-refractivity contribution in [2.24, 2.45) is 0 Å². The van der Waals surface area contributed by atoms with Gasteiger partial charge >= 0.3 is 11.9 Å². The van der Waals surface area contributed by atoms with Gasteiger partial charge in [0.2, 0.25) is 0 Å². The van der Waals surface area contributed by atoms with Crippen LogP contribution in [0.25, 0.3) is 0 Å². The zero-order valence-electron chi connectivity index (χ0n) is 18.8. The Balaban J connectivity index is 0. The first-order valence-electron chi connectivity index (χ1n) is 11.4. The van der Waals surface area contributed by atoms with Crippen LogP contribution in [0.2, 0.25) is 0 Å². The molecule has 0 saturated heterocycles. The molecule has 0 bridgehead atoms. The molecule has 0 aliphatic carbocycles. The van der Waals surface area contributed by atoms with E-state index >= 15 is 0 Å². The van der Waals surface area contributed by atoms with Crippen LogP contribution in [0, 0.1) is 0 Å². The van der Waals surface area contributed by atoms with Crippen molar-refractivity contribution in [3.05, 3.63) is 38.3 Å². The second-order valence-corrected chi connectivity index (χ2v) is 7.16. The summed E-state index contributed by atoms with van der Waals surface area (Å²) in [6.45, 7) is 12.0. The normalized spacial score (nSPS) is 9.69. The zero-order chi connectivity index (χ0) is 22.0. The largest absolute Gasteiger partial charge is 0.435 e. The van der Waals surface area contributed by atoms with Gasteiger partial charge in [0, 0.05) is 12.5 Å². The van der Waals surface area contributed by atoms with Crippen molar-refractivity contribution >= 4 is 11.9 Å². The van der Waals surface area contributed by atoms with Gasteiger partial charge in [0.1, 0.15) is 0 Å². The Morgan fingerprint density at radius 3 is 1.31 bits per heavy atom. The van der Waals surface area contributed by atoms with E-state index in [1.807, 2.05) is 0 Å². The molecule has 0 aromatic rings. The molecule has 0 spiro atoms. The van der Waals surface area contributed by atoms with Gasteiger partial charge in [-0.2, -0.15) is 0 Å². The van der Waals surface area contributed by atoms with Gasteiger partial charge in [0.05, 0.1) is 12.5 Å². The van der Waals surface area contributed by atoms with E-state index < -0.39 is 5.97 Å². The monoisotopic (exact) mass is 408 g/mol. The van der Waals surface area contributed by atoms with Crippen molar-refractivity contribution in [3.8, 4) is 0 Å². The first-order chi connectivity index (χ1) is 14.1. The van der Waals surface area contributed by atoms with E-state index in [1.165, 1.54) is 89.7 Å². The number of hydrogen-bond acceptors (Lipinski definition) is 4. The smallest absolute Gasteiger partial charge is 0.334 e. The van der Waals surface area contributed by atoms with Crippen LogP contribution in [0.1, 0.15) is 110 Å². The predicted octanol–water partition coefficient (Wildman–Crippen LogP) is 7.79. The topological polar surface area (TPSA) is 52.6 Å². The van der Waals surface area contributed by atoms with Crippen LogP contribution in [0.15, 0.2) is 38.3 Å². The van der Waals surface area contributed by atoms with Crippen LogP contribution in [0.4, 0.5) is 0 Å². The van der Waals surface area contributed by atoms with Gasteiger partial charge in [-0.15, -0.1) is 0 Å². The Morgan fingerprint density at radius 2 is 1.00 bits per heavy atom. The predicted molar refractivity (Wildman–Crippen MR) is 122 cm³/mol. The molecule has 4 nitrogen and oxygen atoms in total. The van der Waals surface area contributed by atoms with Gasteiger partial charge in [-0.05, 0) is 6.42 Å². The Morgan fingerprint density at radius 1 is 0.621 bits per heavy atom. The number of esters is 2. The molecule has 0 atom stereocenters. The summed E-state index contributed by atoms with van der Waals surface area (Å²) in [5.41, 5.74) is 0. The SMILES string of the molecule is C=COC(=O)C=C.C=COC(=O)CCCCCCCCCCCCCCCCC. The quantitative estimate of drug-likeness (QED) is 0.0947. The maximum absolute atomic E-state index is 11.1. The van der Waals surface area contributed by atoms with Gasteiger partial charge in [-0.1, -0.05) is 117 Å². The summed E-state index contributed by atoms with van der Waals surface area (Å²) < 4.78 is 8.88. The third-order valence-electron chi connectivity index (χ3n) is 4.57. The summed E-state index contributed by atoms with van der Waals surface area (Å²) in [6, 6.07) is 0. The van der Waals surface area contributed by atoms with E-state index in [4.69, 9.17) is 0 Å². The van der Waals surface area contributed by atoms with Gasteiger partial charge in [-0.3, -0.25) is 4.79 Å². The van der Waals surface area contributed by atoms with Crippen LogP contribution in [-0.4, -0.2) is 11.9 Å². The average Bonchev–Trinajstić information content (AvgIpc) is 2.71. The summed E-state index contributed by atoms with van der Waals surface area (Å²) in [5, 5.41) is 0. The molecule has 0 amide bonds. The minimum atomic E-state index is -0.477. The Labute approximate surface area is 179 Å². The summed E-state index contributed by atoms with van der Waals surface area (Å²) in [6.07, 6.45) is 24.0. The summed E-state index contributed by atoms with van der Waals surface area (Å²) >= 11 is 0. The van der Waals surface area contributed by atoms with E-state index in [0.29, 0.717) is 6.42 Å². The fraction of sp³-hybridized carbons (Fsp3) is 0.680. The molecule has 0 radical (unpaired) electrons. The Kier molecular flexibility index (Phi) is 26.5. The molecular weight excluding hydrogens is 364 g/mol. The molecule has 0 aromatic carbocycles. The van der Waals surface area contributed by atoms with Crippen LogP contribution in [0.3, 0.4) is 0 Å². The standard InChI is InChI=1S/C20H38O2.C5H6O2/c1-3-5-6-7-8-9-10-11-12-13-14-15-16-17-18-19-20(21)22-4-2;1-3-5(6)7-4-2/h4H,2-3,5-19H2,1H3;3-4H,1-2H2. The van der Waals surface area contributed by atoms with E-state index in [9.17, 15) is 9.59 Å². The lowest BCUT2D eigenvalue weighted by Gasteiger charge is -2.03. The molecule has 0 rings (SSSR count). The number of carbonyl (C=O) groups is 2. The lowest BCUT2D eigenvalue weighted by atomic mass is 10.0. The lowest BCUT2D eigenvalue weighted by Crippen LogP contribution is -1.98. The van der Waals surface area contributed by atoms with Crippen molar-refractivity contribution in [1.82, 2.24) is 0 Å².